The Balaban J connectivity index is 2.72. The van der Waals surface area contributed by atoms with E-state index in [0.717, 1.165) is 30.9 Å². The van der Waals surface area contributed by atoms with Crippen molar-refractivity contribution >= 4 is 11.8 Å². The summed E-state index contributed by atoms with van der Waals surface area (Å²) in [4.78, 5) is 0. The number of nitriles is 1. The molecule has 0 saturated heterocycles. The van der Waals surface area contributed by atoms with E-state index in [-0.39, 0.29) is 0 Å². The van der Waals surface area contributed by atoms with Gasteiger partial charge in [0.2, 0.25) is 0 Å². The van der Waals surface area contributed by atoms with E-state index in [9.17, 15) is 0 Å². The molecule has 2 nitrogen and oxygen atoms in total. The normalized spacial score (nSPS) is 9.20. The number of hydrogen-bond acceptors (Lipinski definition) is 3. The highest BCUT2D eigenvalue weighted by Crippen LogP contribution is 2.04. The first-order chi connectivity index (χ1) is 4.91. The summed E-state index contributed by atoms with van der Waals surface area (Å²) >= 11 is 1.89. The minimum atomic E-state index is 0.690. The Hall–Kier alpha value is -0.200. The molecule has 0 unspecified atom stereocenters. The molecular weight excluding hydrogens is 144 g/mol. The van der Waals surface area contributed by atoms with Gasteiger partial charge in [0.1, 0.15) is 0 Å². The van der Waals surface area contributed by atoms with Gasteiger partial charge in [-0.15, -0.1) is 0 Å². The fourth-order valence-electron chi connectivity index (χ4n) is 0.541. The van der Waals surface area contributed by atoms with Crippen molar-refractivity contribution in [1.82, 2.24) is 0 Å². The lowest BCUT2D eigenvalue weighted by Crippen LogP contribution is -1.99. The van der Waals surface area contributed by atoms with Crippen molar-refractivity contribution in [2.24, 2.45) is 5.73 Å². The fraction of sp³-hybridized carbons (Fsp3) is 0.857. The van der Waals surface area contributed by atoms with Crippen LogP contribution in [0.5, 0.6) is 0 Å². The van der Waals surface area contributed by atoms with Gasteiger partial charge in [0.25, 0.3) is 0 Å². The monoisotopic (exact) mass is 158 g/mol. The summed E-state index contributed by atoms with van der Waals surface area (Å²) < 4.78 is 0. The predicted molar refractivity (Wildman–Crippen MR) is 45.8 cm³/mol. The molecule has 58 valence electrons. The zero-order valence-corrected chi connectivity index (χ0v) is 6.99. The lowest BCUT2D eigenvalue weighted by molar-refractivity contribution is 0.935. The van der Waals surface area contributed by atoms with Crippen molar-refractivity contribution in [3.8, 4) is 6.07 Å². The Morgan fingerprint density at radius 1 is 1.30 bits per heavy atom. The molecule has 0 amide bonds. The maximum Gasteiger partial charge on any atom is 0.0622 e. The summed E-state index contributed by atoms with van der Waals surface area (Å²) in [5.74, 6) is 2.25. The zero-order valence-electron chi connectivity index (χ0n) is 6.18. The molecule has 0 saturated carbocycles. The smallest absolute Gasteiger partial charge is 0.0622 e. The Kier molecular flexibility index (Phi) is 8.62. The molecule has 2 N–H and O–H groups in total. The average Bonchev–Trinajstić information content (AvgIpc) is 1.97. The molecule has 0 aliphatic heterocycles. The van der Waals surface area contributed by atoms with E-state index in [1.807, 2.05) is 11.8 Å². The summed E-state index contributed by atoms with van der Waals surface area (Å²) in [5.41, 5.74) is 5.30. The van der Waals surface area contributed by atoms with Crippen LogP contribution in [-0.4, -0.2) is 18.1 Å². The molecule has 0 aliphatic rings. The first kappa shape index (κ1) is 9.80. The molecule has 0 spiro atoms. The molecule has 0 heterocycles. The van der Waals surface area contributed by atoms with Crippen LogP contribution < -0.4 is 5.73 Å². The van der Waals surface area contributed by atoms with Crippen molar-refractivity contribution in [3.63, 3.8) is 0 Å². The maximum absolute atomic E-state index is 8.19. The van der Waals surface area contributed by atoms with Crippen molar-refractivity contribution in [3.05, 3.63) is 0 Å². The molecule has 0 fully saturated rings. The van der Waals surface area contributed by atoms with Gasteiger partial charge in [-0.1, -0.05) is 0 Å². The number of nitrogens with two attached hydrogens (primary N) is 1. The van der Waals surface area contributed by atoms with Gasteiger partial charge in [-0.2, -0.15) is 17.0 Å². The third kappa shape index (κ3) is 7.80. The van der Waals surface area contributed by atoms with Crippen LogP contribution in [0.1, 0.15) is 19.3 Å². The number of thioether (sulfide) groups is 1. The number of nitrogens with zero attached hydrogens (tertiary/aromatic N) is 1. The van der Waals surface area contributed by atoms with Crippen LogP contribution in [0, 0.1) is 11.3 Å². The minimum Gasteiger partial charge on any atom is -0.330 e. The van der Waals surface area contributed by atoms with Crippen molar-refractivity contribution in [2.45, 2.75) is 19.3 Å². The molecule has 0 bridgehead atoms. The highest BCUT2D eigenvalue weighted by molar-refractivity contribution is 7.99. The molecule has 0 aromatic carbocycles. The van der Waals surface area contributed by atoms with E-state index < -0.39 is 0 Å². The molecule has 10 heavy (non-hydrogen) atoms. The minimum absolute atomic E-state index is 0.690. The van der Waals surface area contributed by atoms with Gasteiger partial charge in [-0.05, 0) is 30.9 Å². The number of hydrogen-bond donors (Lipinski definition) is 1. The van der Waals surface area contributed by atoms with Crippen LogP contribution in [0.3, 0.4) is 0 Å². The lowest BCUT2D eigenvalue weighted by Gasteiger charge is -1.95. The van der Waals surface area contributed by atoms with Gasteiger partial charge in [0, 0.05) is 6.42 Å². The molecular formula is C7H14N2S. The third-order valence-electron chi connectivity index (χ3n) is 1.07. The summed E-state index contributed by atoms with van der Waals surface area (Å²) in [7, 11) is 0. The van der Waals surface area contributed by atoms with Crippen LogP contribution in [0.15, 0.2) is 0 Å². The SMILES string of the molecule is N#CCCCSCCCN. The van der Waals surface area contributed by atoms with Crippen LogP contribution in [0.4, 0.5) is 0 Å². The van der Waals surface area contributed by atoms with Gasteiger partial charge in [-0.25, -0.2) is 0 Å². The Bertz CT molecular complexity index is 98.3. The summed E-state index contributed by atoms with van der Waals surface area (Å²) in [6, 6.07) is 2.12. The van der Waals surface area contributed by atoms with E-state index in [1.54, 1.807) is 0 Å². The second-order valence-corrected chi connectivity index (χ2v) is 3.24. The zero-order chi connectivity index (χ0) is 7.66. The van der Waals surface area contributed by atoms with Crippen molar-refractivity contribution in [1.29, 1.82) is 5.26 Å². The van der Waals surface area contributed by atoms with Crippen LogP contribution in [-0.2, 0) is 0 Å². The molecule has 0 atom stereocenters. The number of rotatable bonds is 6. The van der Waals surface area contributed by atoms with Gasteiger partial charge in [0.05, 0.1) is 6.07 Å². The third-order valence-corrected chi connectivity index (χ3v) is 2.22. The topological polar surface area (TPSA) is 49.8 Å². The second-order valence-electron chi connectivity index (χ2n) is 2.02. The van der Waals surface area contributed by atoms with Gasteiger partial charge in [-0.3, -0.25) is 0 Å². The van der Waals surface area contributed by atoms with E-state index >= 15 is 0 Å². The standard InChI is InChI=1S/C7H14N2S/c8-4-1-2-6-10-7-3-5-9/h1-3,5-7,9H2. The van der Waals surface area contributed by atoms with E-state index in [2.05, 4.69) is 6.07 Å². The second kappa shape index (κ2) is 8.80. The summed E-state index contributed by atoms with van der Waals surface area (Å²) in [5, 5.41) is 8.19. The molecule has 0 aliphatic carbocycles. The number of unbranched alkanes of at least 4 members (excludes halogenated alkanes) is 1. The molecule has 0 rings (SSSR count). The van der Waals surface area contributed by atoms with Gasteiger partial charge in [0.15, 0.2) is 0 Å². The highest BCUT2D eigenvalue weighted by atomic mass is 32.2. The fourth-order valence-corrected chi connectivity index (χ4v) is 1.46. The van der Waals surface area contributed by atoms with Gasteiger partial charge >= 0.3 is 0 Å². The average molecular weight is 158 g/mol. The molecule has 3 heteroatoms. The largest absolute Gasteiger partial charge is 0.330 e. The van der Waals surface area contributed by atoms with Crippen LogP contribution in [0.2, 0.25) is 0 Å². The van der Waals surface area contributed by atoms with Crippen molar-refractivity contribution in [2.75, 3.05) is 18.1 Å². The predicted octanol–water partition coefficient (Wildman–Crippen LogP) is 1.37. The van der Waals surface area contributed by atoms with Crippen molar-refractivity contribution < 1.29 is 0 Å². The Morgan fingerprint density at radius 2 is 2.00 bits per heavy atom. The first-order valence-electron chi connectivity index (χ1n) is 3.56. The highest BCUT2D eigenvalue weighted by Gasteiger charge is 1.87. The lowest BCUT2D eigenvalue weighted by atomic mass is 10.4. The Labute approximate surface area is 66.8 Å². The summed E-state index contributed by atoms with van der Waals surface area (Å²) in [6.45, 7) is 0.783. The molecule has 0 radical (unpaired) electrons. The Morgan fingerprint density at radius 3 is 2.60 bits per heavy atom. The summed E-state index contributed by atoms with van der Waals surface area (Å²) in [6.07, 6.45) is 2.80. The van der Waals surface area contributed by atoms with Crippen LogP contribution >= 0.6 is 11.8 Å². The van der Waals surface area contributed by atoms with Crippen LogP contribution in [0.25, 0.3) is 0 Å². The quantitative estimate of drug-likeness (QED) is 0.594. The molecule has 0 aromatic heterocycles. The maximum atomic E-state index is 8.19. The van der Waals surface area contributed by atoms with Gasteiger partial charge < -0.3 is 5.73 Å². The van der Waals surface area contributed by atoms with E-state index in [0.29, 0.717) is 6.42 Å². The molecule has 0 aromatic rings. The first-order valence-corrected chi connectivity index (χ1v) is 4.72. The van der Waals surface area contributed by atoms with E-state index in [1.165, 1.54) is 0 Å². The van der Waals surface area contributed by atoms with E-state index in [4.69, 9.17) is 11.0 Å².